The summed E-state index contributed by atoms with van der Waals surface area (Å²) in [4.78, 5) is 26.9. The molecular weight excluding hydrogens is 273 g/mol. The number of nitrogens with one attached hydrogen (secondary N) is 2. The lowest BCUT2D eigenvalue weighted by molar-refractivity contribution is -0.116. The van der Waals surface area contributed by atoms with E-state index < -0.39 is 5.95 Å². The number of amides is 2. The number of carbonyl (C=O) groups excluding carboxylic acids is 2. The molecule has 21 heavy (non-hydrogen) atoms. The molecule has 0 bridgehead atoms. The highest BCUT2D eigenvalue weighted by Gasteiger charge is 2.16. The first-order valence-electron chi connectivity index (χ1n) is 6.47. The number of nitrogens with zero attached hydrogens (tertiary/aromatic N) is 1. The van der Waals surface area contributed by atoms with Crippen molar-refractivity contribution in [3.05, 3.63) is 53.6 Å². The number of pyridine rings is 1. The molecule has 0 saturated heterocycles. The predicted octanol–water partition coefficient (Wildman–Crippen LogP) is 2.36. The van der Waals surface area contributed by atoms with Crippen molar-refractivity contribution in [3.63, 3.8) is 0 Å². The molecule has 1 aromatic carbocycles. The molecule has 5 nitrogen and oxygen atoms in total. The van der Waals surface area contributed by atoms with Gasteiger partial charge in [-0.05, 0) is 42.3 Å². The average Bonchev–Trinajstić information content (AvgIpc) is 2.49. The molecule has 2 N–H and O–H groups in total. The van der Waals surface area contributed by atoms with Crippen LogP contribution in [-0.4, -0.2) is 16.8 Å². The summed E-state index contributed by atoms with van der Waals surface area (Å²) in [7, 11) is 0. The first-order chi connectivity index (χ1) is 10.1. The molecule has 0 fully saturated rings. The lowest BCUT2D eigenvalue weighted by Gasteiger charge is -2.17. The van der Waals surface area contributed by atoms with Crippen LogP contribution in [0.3, 0.4) is 0 Å². The van der Waals surface area contributed by atoms with Gasteiger partial charge in [-0.1, -0.05) is 0 Å². The van der Waals surface area contributed by atoms with Crippen LogP contribution in [0.4, 0.5) is 15.8 Å². The minimum Gasteiger partial charge on any atom is -0.326 e. The third-order valence-electron chi connectivity index (χ3n) is 3.25. The number of fused-ring (bicyclic) bond motifs is 1. The molecule has 6 heteroatoms. The summed E-state index contributed by atoms with van der Waals surface area (Å²) in [6.45, 7) is 0. The first kappa shape index (κ1) is 13.2. The van der Waals surface area contributed by atoms with Gasteiger partial charge in [0.1, 0.15) is 0 Å². The van der Waals surface area contributed by atoms with Gasteiger partial charge in [-0.2, -0.15) is 4.39 Å². The van der Waals surface area contributed by atoms with Crippen molar-refractivity contribution in [3.8, 4) is 0 Å². The lowest BCUT2D eigenvalue weighted by Crippen LogP contribution is -2.20. The van der Waals surface area contributed by atoms with Crippen LogP contribution in [0.1, 0.15) is 22.3 Å². The van der Waals surface area contributed by atoms with Crippen LogP contribution in [0.2, 0.25) is 0 Å². The number of aromatic nitrogens is 1. The molecule has 0 radical (unpaired) electrons. The van der Waals surface area contributed by atoms with E-state index in [1.807, 2.05) is 0 Å². The maximum Gasteiger partial charge on any atom is 0.255 e. The Balaban J connectivity index is 1.79. The van der Waals surface area contributed by atoms with E-state index in [2.05, 4.69) is 15.6 Å². The molecule has 0 saturated carbocycles. The van der Waals surface area contributed by atoms with E-state index in [0.717, 1.165) is 11.3 Å². The number of hydrogen-bond acceptors (Lipinski definition) is 3. The summed E-state index contributed by atoms with van der Waals surface area (Å²) in [5.41, 5.74) is 2.58. The van der Waals surface area contributed by atoms with Crippen molar-refractivity contribution < 1.29 is 14.0 Å². The molecule has 2 heterocycles. The fraction of sp³-hybridized carbons (Fsp3) is 0.133. The summed E-state index contributed by atoms with van der Waals surface area (Å²) in [6, 6.07) is 7.72. The SMILES string of the molecule is O=C1CCc2cc(C(=O)Nc3ccc(F)nc3)ccc2N1. The third-order valence-corrected chi connectivity index (χ3v) is 3.25. The minimum atomic E-state index is -0.600. The van der Waals surface area contributed by atoms with Gasteiger partial charge < -0.3 is 10.6 Å². The van der Waals surface area contributed by atoms with E-state index in [1.165, 1.54) is 18.3 Å². The molecular formula is C15H12FN3O2. The van der Waals surface area contributed by atoms with Gasteiger partial charge in [-0.3, -0.25) is 9.59 Å². The Hall–Kier alpha value is -2.76. The number of aryl methyl sites for hydroxylation is 1. The van der Waals surface area contributed by atoms with E-state index in [1.54, 1.807) is 18.2 Å². The van der Waals surface area contributed by atoms with E-state index >= 15 is 0 Å². The fourth-order valence-corrected chi connectivity index (χ4v) is 2.18. The molecule has 1 aliphatic rings. The Morgan fingerprint density at radius 2 is 2.10 bits per heavy atom. The summed E-state index contributed by atoms with van der Waals surface area (Å²) < 4.78 is 12.7. The maximum atomic E-state index is 12.7. The van der Waals surface area contributed by atoms with Crippen LogP contribution >= 0.6 is 0 Å². The van der Waals surface area contributed by atoms with Crippen molar-refractivity contribution in [1.29, 1.82) is 0 Å². The molecule has 2 amide bonds. The minimum absolute atomic E-state index is 0.0166. The van der Waals surface area contributed by atoms with Gasteiger partial charge in [0.15, 0.2) is 0 Å². The van der Waals surface area contributed by atoms with Crippen LogP contribution in [0.15, 0.2) is 36.5 Å². The van der Waals surface area contributed by atoms with E-state index in [0.29, 0.717) is 24.1 Å². The Bertz CT molecular complexity index is 713. The Morgan fingerprint density at radius 1 is 1.24 bits per heavy atom. The topological polar surface area (TPSA) is 71.1 Å². The molecule has 106 valence electrons. The average molecular weight is 285 g/mol. The van der Waals surface area contributed by atoms with E-state index in [9.17, 15) is 14.0 Å². The molecule has 1 aliphatic heterocycles. The highest BCUT2D eigenvalue weighted by Crippen LogP contribution is 2.24. The Kier molecular flexibility index (Phi) is 3.35. The fourth-order valence-electron chi connectivity index (χ4n) is 2.18. The molecule has 0 unspecified atom stereocenters. The first-order valence-corrected chi connectivity index (χ1v) is 6.47. The standard InChI is InChI=1S/C15H12FN3O2/c16-13-5-3-11(8-17-13)18-15(21)10-1-4-12-9(7-10)2-6-14(20)19-12/h1,3-5,7-8H,2,6H2,(H,18,21)(H,19,20). The smallest absolute Gasteiger partial charge is 0.255 e. The normalized spacial score (nSPS) is 13.3. The number of rotatable bonds is 2. The molecule has 0 spiro atoms. The monoisotopic (exact) mass is 285 g/mol. The summed E-state index contributed by atoms with van der Waals surface area (Å²) in [5.74, 6) is -0.919. The van der Waals surface area contributed by atoms with Gasteiger partial charge in [0.2, 0.25) is 11.9 Å². The Labute approximate surface area is 120 Å². The van der Waals surface area contributed by atoms with Crippen molar-refractivity contribution in [2.75, 3.05) is 10.6 Å². The second kappa shape index (κ2) is 5.32. The van der Waals surface area contributed by atoms with Crippen molar-refractivity contribution in [2.45, 2.75) is 12.8 Å². The zero-order valence-electron chi connectivity index (χ0n) is 11.0. The Morgan fingerprint density at radius 3 is 2.86 bits per heavy atom. The highest BCUT2D eigenvalue weighted by molar-refractivity contribution is 6.05. The predicted molar refractivity (Wildman–Crippen MR) is 75.5 cm³/mol. The maximum absolute atomic E-state index is 12.7. The van der Waals surface area contributed by atoms with Gasteiger partial charge in [0.05, 0.1) is 11.9 Å². The third kappa shape index (κ3) is 2.89. The van der Waals surface area contributed by atoms with Crippen LogP contribution < -0.4 is 10.6 Å². The van der Waals surface area contributed by atoms with Crippen molar-refractivity contribution >= 4 is 23.2 Å². The second-order valence-corrected chi connectivity index (χ2v) is 4.74. The number of benzene rings is 1. The van der Waals surface area contributed by atoms with Crippen molar-refractivity contribution in [1.82, 2.24) is 4.98 Å². The van der Waals surface area contributed by atoms with E-state index in [4.69, 9.17) is 0 Å². The van der Waals surface area contributed by atoms with Crippen LogP contribution in [0.25, 0.3) is 0 Å². The van der Waals surface area contributed by atoms with Gasteiger partial charge in [-0.25, -0.2) is 4.98 Å². The van der Waals surface area contributed by atoms with Crippen LogP contribution in [0, 0.1) is 5.95 Å². The molecule has 1 aromatic heterocycles. The van der Waals surface area contributed by atoms with Crippen LogP contribution in [-0.2, 0) is 11.2 Å². The van der Waals surface area contributed by atoms with Crippen LogP contribution in [0.5, 0.6) is 0 Å². The lowest BCUT2D eigenvalue weighted by atomic mass is 10.00. The largest absolute Gasteiger partial charge is 0.326 e. The number of halogens is 1. The molecule has 0 aliphatic carbocycles. The zero-order valence-corrected chi connectivity index (χ0v) is 11.0. The van der Waals surface area contributed by atoms with Gasteiger partial charge >= 0.3 is 0 Å². The van der Waals surface area contributed by atoms with Gasteiger partial charge in [-0.15, -0.1) is 0 Å². The molecule has 3 rings (SSSR count). The second-order valence-electron chi connectivity index (χ2n) is 4.74. The summed E-state index contributed by atoms with van der Waals surface area (Å²) >= 11 is 0. The van der Waals surface area contributed by atoms with Gasteiger partial charge in [0, 0.05) is 17.7 Å². The number of carbonyl (C=O) groups is 2. The van der Waals surface area contributed by atoms with Gasteiger partial charge in [0.25, 0.3) is 5.91 Å². The quantitative estimate of drug-likeness (QED) is 0.832. The molecule has 0 atom stereocenters. The van der Waals surface area contributed by atoms with E-state index in [-0.39, 0.29) is 11.8 Å². The molecule has 2 aromatic rings. The number of hydrogen-bond donors (Lipinski definition) is 2. The number of anilines is 2. The van der Waals surface area contributed by atoms with Crippen molar-refractivity contribution in [2.24, 2.45) is 0 Å². The highest BCUT2D eigenvalue weighted by atomic mass is 19.1. The summed E-state index contributed by atoms with van der Waals surface area (Å²) in [5, 5.41) is 5.41. The summed E-state index contributed by atoms with van der Waals surface area (Å²) in [6.07, 6.45) is 2.28. The zero-order chi connectivity index (χ0) is 14.8.